The molecule has 1 N–H and O–H groups in total. The van der Waals surface area contributed by atoms with E-state index in [-0.39, 0.29) is 25.0 Å². The van der Waals surface area contributed by atoms with E-state index in [9.17, 15) is 9.59 Å². The van der Waals surface area contributed by atoms with Gasteiger partial charge >= 0.3 is 0 Å². The molecule has 4 rings (SSSR count). The number of anilines is 2. The van der Waals surface area contributed by atoms with Crippen LogP contribution in [0.3, 0.4) is 0 Å². The third-order valence-corrected chi connectivity index (χ3v) is 5.30. The number of rotatable bonds is 8. The Morgan fingerprint density at radius 3 is 2.67 bits per heavy atom. The molecule has 170 valence electrons. The van der Waals surface area contributed by atoms with Crippen LogP contribution in [0.25, 0.3) is 0 Å². The van der Waals surface area contributed by atoms with Crippen LogP contribution in [0.5, 0.6) is 17.2 Å². The van der Waals surface area contributed by atoms with Crippen molar-refractivity contribution in [1.29, 1.82) is 0 Å². The molecule has 0 atom stereocenters. The van der Waals surface area contributed by atoms with Crippen molar-refractivity contribution in [2.75, 3.05) is 36.6 Å². The summed E-state index contributed by atoms with van der Waals surface area (Å²) in [6, 6.07) is 19.8. The summed E-state index contributed by atoms with van der Waals surface area (Å²) in [5.74, 6) is 1.20. The molecule has 0 saturated heterocycles. The van der Waals surface area contributed by atoms with Crippen LogP contribution in [0.2, 0.25) is 5.02 Å². The van der Waals surface area contributed by atoms with Gasteiger partial charge in [0.25, 0.3) is 11.8 Å². The molecular weight excluding hydrogens is 444 g/mol. The predicted molar refractivity (Wildman–Crippen MR) is 127 cm³/mol. The number of amides is 2. The maximum Gasteiger partial charge on any atom is 0.265 e. The molecule has 0 aromatic heterocycles. The van der Waals surface area contributed by atoms with E-state index in [1.165, 1.54) is 0 Å². The average Bonchev–Trinajstić information content (AvgIpc) is 2.81. The molecule has 0 radical (unpaired) electrons. The van der Waals surface area contributed by atoms with Gasteiger partial charge < -0.3 is 24.4 Å². The lowest BCUT2D eigenvalue weighted by atomic mass is 10.2. The number of hydrogen-bond donors (Lipinski definition) is 1. The normalized spacial score (nSPS) is 12.5. The molecule has 0 bridgehead atoms. The Bertz CT molecular complexity index is 1150. The predicted octanol–water partition coefficient (Wildman–Crippen LogP) is 4.47. The molecular formula is C25H23ClN2O5. The quantitative estimate of drug-likeness (QED) is 0.530. The zero-order chi connectivity index (χ0) is 23.2. The molecule has 0 saturated carbocycles. The monoisotopic (exact) mass is 466 g/mol. The number of benzene rings is 3. The molecule has 0 fully saturated rings. The van der Waals surface area contributed by atoms with E-state index in [1.807, 2.05) is 31.2 Å². The maximum atomic E-state index is 12.5. The Balaban J connectivity index is 1.39. The van der Waals surface area contributed by atoms with Crippen LogP contribution in [0.15, 0.2) is 66.7 Å². The summed E-state index contributed by atoms with van der Waals surface area (Å²) >= 11 is 6.05. The Morgan fingerprint density at radius 2 is 1.88 bits per heavy atom. The smallest absolute Gasteiger partial charge is 0.265 e. The Morgan fingerprint density at radius 1 is 1.09 bits per heavy atom. The van der Waals surface area contributed by atoms with Gasteiger partial charge in [0.15, 0.2) is 13.2 Å². The number of halogens is 1. The summed E-state index contributed by atoms with van der Waals surface area (Å²) in [4.78, 5) is 26.4. The van der Waals surface area contributed by atoms with Gasteiger partial charge in [-0.25, -0.2) is 0 Å². The van der Waals surface area contributed by atoms with Crippen LogP contribution >= 0.6 is 11.6 Å². The Kier molecular flexibility index (Phi) is 7.00. The van der Waals surface area contributed by atoms with Gasteiger partial charge in [-0.15, -0.1) is 0 Å². The first-order valence-electron chi connectivity index (χ1n) is 10.4. The zero-order valence-electron chi connectivity index (χ0n) is 18.0. The van der Waals surface area contributed by atoms with Crippen molar-refractivity contribution >= 4 is 34.8 Å². The van der Waals surface area contributed by atoms with Crippen LogP contribution in [0, 0.1) is 6.92 Å². The number of ether oxygens (including phenoxy) is 3. The van der Waals surface area contributed by atoms with E-state index >= 15 is 0 Å². The van der Waals surface area contributed by atoms with Gasteiger partial charge in [0.05, 0.1) is 17.3 Å². The Hall–Kier alpha value is -3.71. The van der Waals surface area contributed by atoms with Crippen LogP contribution in [0.4, 0.5) is 11.4 Å². The van der Waals surface area contributed by atoms with Gasteiger partial charge in [0.2, 0.25) is 0 Å². The first-order valence-corrected chi connectivity index (χ1v) is 10.8. The highest BCUT2D eigenvalue weighted by molar-refractivity contribution is 6.32. The van der Waals surface area contributed by atoms with Crippen molar-refractivity contribution in [3.8, 4) is 17.2 Å². The van der Waals surface area contributed by atoms with Gasteiger partial charge in [0, 0.05) is 5.69 Å². The van der Waals surface area contributed by atoms with E-state index in [2.05, 4.69) is 5.32 Å². The van der Waals surface area contributed by atoms with Gasteiger partial charge in [-0.05, 0) is 49.4 Å². The fourth-order valence-electron chi connectivity index (χ4n) is 3.32. The first-order chi connectivity index (χ1) is 16.0. The van der Waals surface area contributed by atoms with Crippen LogP contribution < -0.4 is 24.4 Å². The zero-order valence-corrected chi connectivity index (χ0v) is 18.8. The maximum absolute atomic E-state index is 12.5. The number of nitrogens with one attached hydrogen (secondary N) is 1. The van der Waals surface area contributed by atoms with Crippen molar-refractivity contribution in [2.45, 2.75) is 6.92 Å². The van der Waals surface area contributed by atoms with E-state index in [0.717, 1.165) is 11.3 Å². The number of nitrogens with zero attached hydrogens (tertiary/aromatic N) is 1. The van der Waals surface area contributed by atoms with E-state index in [4.69, 9.17) is 25.8 Å². The highest BCUT2D eigenvalue weighted by Crippen LogP contribution is 2.34. The van der Waals surface area contributed by atoms with Crippen molar-refractivity contribution < 1.29 is 23.8 Å². The summed E-state index contributed by atoms with van der Waals surface area (Å²) in [6.45, 7) is 2.41. The number of hydrogen-bond acceptors (Lipinski definition) is 5. The van der Waals surface area contributed by atoms with Crippen molar-refractivity contribution in [3.63, 3.8) is 0 Å². The molecule has 1 heterocycles. The summed E-state index contributed by atoms with van der Waals surface area (Å²) in [5.41, 5.74) is 2.24. The van der Waals surface area contributed by atoms with Crippen LogP contribution in [-0.4, -0.2) is 38.2 Å². The molecule has 3 aromatic rings. The number of aryl methyl sites for hydroxylation is 1. The summed E-state index contributed by atoms with van der Waals surface area (Å²) in [6.07, 6.45) is 0. The van der Waals surface area contributed by atoms with Crippen molar-refractivity contribution in [2.24, 2.45) is 0 Å². The van der Waals surface area contributed by atoms with E-state index in [1.54, 1.807) is 47.4 Å². The standard InChI is InChI=1S/C25H23ClN2O5/c1-17-6-9-19(10-7-17)31-13-12-28-21-14-18(8-11-23(21)33-16-25(28)30)27-24(29)15-32-22-5-3-2-4-20(22)26/h2-11,14H,12-13,15-16H2,1H3,(H,27,29). The van der Waals surface area contributed by atoms with Gasteiger partial charge in [0.1, 0.15) is 23.9 Å². The number of para-hydroxylation sites is 1. The molecule has 7 nitrogen and oxygen atoms in total. The number of fused-ring (bicyclic) bond motifs is 1. The molecule has 3 aromatic carbocycles. The third-order valence-electron chi connectivity index (χ3n) is 4.99. The Labute approximate surface area is 196 Å². The van der Waals surface area contributed by atoms with Gasteiger partial charge in [-0.2, -0.15) is 0 Å². The summed E-state index contributed by atoms with van der Waals surface area (Å²) in [7, 11) is 0. The second kappa shape index (κ2) is 10.3. The minimum atomic E-state index is -0.354. The average molecular weight is 467 g/mol. The van der Waals surface area contributed by atoms with E-state index < -0.39 is 0 Å². The summed E-state index contributed by atoms with van der Waals surface area (Å²) < 4.78 is 16.8. The second-order valence-electron chi connectivity index (χ2n) is 7.45. The fraction of sp³-hybridized carbons (Fsp3) is 0.200. The third kappa shape index (κ3) is 5.75. The number of carbonyl (C=O) groups excluding carboxylic acids is 2. The molecule has 33 heavy (non-hydrogen) atoms. The second-order valence-corrected chi connectivity index (χ2v) is 7.85. The lowest BCUT2D eigenvalue weighted by molar-refractivity contribution is -0.121. The van der Waals surface area contributed by atoms with E-state index in [0.29, 0.717) is 41.0 Å². The van der Waals surface area contributed by atoms with Gasteiger partial charge in [-0.3, -0.25) is 9.59 Å². The molecule has 2 amide bonds. The molecule has 0 unspecified atom stereocenters. The highest BCUT2D eigenvalue weighted by Gasteiger charge is 2.26. The topological polar surface area (TPSA) is 77.1 Å². The molecule has 1 aliphatic heterocycles. The fourth-order valence-corrected chi connectivity index (χ4v) is 3.51. The molecule has 8 heteroatoms. The van der Waals surface area contributed by atoms with Crippen LogP contribution in [-0.2, 0) is 9.59 Å². The van der Waals surface area contributed by atoms with Crippen molar-refractivity contribution in [3.05, 3.63) is 77.3 Å². The SMILES string of the molecule is Cc1ccc(OCCN2C(=O)COc3ccc(NC(=O)COc4ccccc4Cl)cc32)cc1. The number of carbonyl (C=O) groups is 2. The molecule has 1 aliphatic rings. The van der Waals surface area contributed by atoms with Gasteiger partial charge in [-0.1, -0.05) is 41.4 Å². The lowest BCUT2D eigenvalue weighted by Gasteiger charge is -2.29. The first kappa shape index (κ1) is 22.5. The molecule has 0 aliphatic carbocycles. The minimum Gasteiger partial charge on any atom is -0.492 e. The highest BCUT2D eigenvalue weighted by atomic mass is 35.5. The molecule has 0 spiro atoms. The lowest BCUT2D eigenvalue weighted by Crippen LogP contribution is -2.41. The largest absolute Gasteiger partial charge is 0.492 e. The minimum absolute atomic E-state index is 0.0467. The summed E-state index contributed by atoms with van der Waals surface area (Å²) in [5, 5.41) is 3.20. The van der Waals surface area contributed by atoms with Crippen molar-refractivity contribution in [1.82, 2.24) is 0 Å². The van der Waals surface area contributed by atoms with Crippen LogP contribution in [0.1, 0.15) is 5.56 Å².